The van der Waals surface area contributed by atoms with Gasteiger partial charge in [-0.1, -0.05) is 12.1 Å². The SMILES string of the molecule is COc1ccc(CCS(=O)(=O)N[C@@H](CO)C(=O)O)cc1. The van der Waals surface area contributed by atoms with Crippen molar-refractivity contribution in [2.75, 3.05) is 19.5 Å². The molecule has 0 heterocycles. The predicted octanol–water partition coefficient (Wildman–Crippen LogP) is -0.397. The van der Waals surface area contributed by atoms with Gasteiger partial charge in [0.1, 0.15) is 11.8 Å². The second-order valence-electron chi connectivity index (χ2n) is 4.11. The summed E-state index contributed by atoms with van der Waals surface area (Å²) >= 11 is 0. The number of methoxy groups -OCH3 is 1. The smallest absolute Gasteiger partial charge is 0.324 e. The van der Waals surface area contributed by atoms with E-state index >= 15 is 0 Å². The fraction of sp³-hybridized carbons (Fsp3) is 0.417. The minimum absolute atomic E-state index is 0.233. The van der Waals surface area contributed by atoms with E-state index in [0.717, 1.165) is 5.56 Å². The molecule has 0 saturated heterocycles. The van der Waals surface area contributed by atoms with Gasteiger partial charge < -0.3 is 14.9 Å². The summed E-state index contributed by atoms with van der Waals surface area (Å²) in [6.07, 6.45) is 0.233. The number of aliphatic carboxylic acids is 1. The molecule has 20 heavy (non-hydrogen) atoms. The van der Waals surface area contributed by atoms with Crippen LogP contribution in [-0.4, -0.2) is 50.1 Å². The molecule has 0 aromatic heterocycles. The van der Waals surface area contributed by atoms with Crippen molar-refractivity contribution in [1.82, 2.24) is 4.72 Å². The third-order valence-electron chi connectivity index (χ3n) is 2.62. The molecule has 112 valence electrons. The van der Waals surface area contributed by atoms with E-state index < -0.39 is 28.6 Å². The number of carboxylic acids is 1. The summed E-state index contributed by atoms with van der Waals surface area (Å²) in [4.78, 5) is 10.7. The quantitative estimate of drug-likeness (QED) is 0.602. The molecule has 0 spiro atoms. The number of carbonyl (C=O) groups is 1. The van der Waals surface area contributed by atoms with E-state index in [1.165, 1.54) is 7.11 Å². The highest BCUT2D eigenvalue weighted by molar-refractivity contribution is 7.89. The molecule has 0 unspecified atom stereocenters. The first-order chi connectivity index (χ1) is 9.38. The first-order valence-corrected chi connectivity index (χ1v) is 7.50. The fourth-order valence-corrected chi connectivity index (χ4v) is 2.72. The maximum atomic E-state index is 11.7. The number of rotatable bonds is 8. The summed E-state index contributed by atoms with van der Waals surface area (Å²) in [5, 5.41) is 17.5. The van der Waals surface area contributed by atoms with Crippen LogP contribution in [-0.2, 0) is 21.2 Å². The van der Waals surface area contributed by atoms with Crippen LogP contribution in [0.5, 0.6) is 5.75 Å². The summed E-state index contributed by atoms with van der Waals surface area (Å²) in [6, 6.07) is 5.37. The third kappa shape index (κ3) is 5.16. The van der Waals surface area contributed by atoms with Gasteiger partial charge in [0.05, 0.1) is 19.5 Å². The Labute approximate surface area is 117 Å². The second kappa shape index (κ2) is 7.22. The average molecular weight is 303 g/mol. The predicted molar refractivity (Wildman–Crippen MR) is 72.1 cm³/mol. The topological polar surface area (TPSA) is 113 Å². The number of hydrogen-bond acceptors (Lipinski definition) is 5. The lowest BCUT2D eigenvalue weighted by Crippen LogP contribution is -2.44. The number of benzene rings is 1. The lowest BCUT2D eigenvalue weighted by Gasteiger charge is -2.12. The van der Waals surface area contributed by atoms with Crippen molar-refractivity contribution in [3.8, 4) is 5.75 Å². The van der Waals surface area contributed by atoms with Gasteiger partial charge in [0, 0.05) is 0 Å². The number of nitrogens with one attached hydrogen (secondary N) is 1. The van der Waals surface area contributed by atoms with E-state index in [-0.39, 0.29) is 12.2 Å². The van der Waals surface area contributed by atoms with Gasteiger partial charge in [-0.2, -0.15) is 4.72 Å². The molecule has 0 aliphatic carbocycles. The molecule has 1 aromatic rings. The average Bonchev–Trinajstić information content (AvgIpc) is 2.43. The highest BCUT2D eigenvalue weighted by atomic mass is 32.2. The number of sulfonamides is 1. The van der Waals surface area contributed by atoms with E-state index in [0.29, 0.717) is 5.75 Å². The molecule has 0 bridgehead atoms. The summed E-state index contributed by atoms with van der Waals surface area (Å²) in [5.41, 5.74) is 0.784. The Balaban J connectivity index is 2.60. The summed E-state index contributed by atoms with van der Waals surface area (Å²) in [6.45, 7) is -0.795. The molecule has 0 fully saturated rings. The summed E-state index contributed by atoms with van der Waals surface area (Å²) in [7, 11) is -2.24. The van der Waals surface area contributed by atoms with E-state index in [9.17, 15) is 13.2 Å². The minimum Gasteiger partial charge on any atom is -0.497 e. The van der Waals surface area contributed by atoms with Crippen LogP contribution in [0, 0.1) is 0 Å². The Morgan fingerprint density at radius 2 is 1.95 bits per heavy atom. The highest BCUT2D eigenvalue weighted by Crippen LogP contribution is 2.12. The molecule has 3 N–H and O–H groups in total. The van der Waals surface area contributed by atoms with Crippen LogP contribution in [0.4, 0.5) is 0 Å². The minimum atomic E-state index is -3.77. The largest absolute Gasteiger partial charge is 0.497 e. The van der Waals surface area contributed by atoms with Crippen LogP contribution in [0.3, 0.4) is 0 Å². The normalized spacial score (nSPS) is 12.9. The van der Waals surface area contributed by atoms with Gasteiger partial charge in [0.15, 0.2) is 0 Å². The van der Waals surface area contributed by atoms with E-state index in [1.807, 2.05) is 4.72 Å². The Kier molecular flexibility index (Phi) is 5.93. The standard InChI is InChI=1S/C12H17NO6S/c1-19-10-4-2-9(3-5-10)6-7-20(17,18)13-11(8-14)12(15)16/h2-5,11,13-14H,6-8H2,1H3,(H,15,16)/t11-/m0/s1. The number of ether oxygens (including phenoxy) is 1. The number of hydrogen-bond donors (Lipinski definition) is 3. The lowest BCUT2D eigenvalue weighted by molar-refractivity contribution is -0.139. The Morgan fingerprint density at radius 1 is 1.35 bits per heavy atom. The zero-order chi connectivity index (χ0) is 15.2. The zero-order valence-corrected chi connectivity index (χ0v) is 11.8. The molecular weight excluding hydrogens is 286 g/mol. The monoisotopic (exact) mass is 303 g/mol. The second-order valence-corrected chi connectivity index (χ2v) is 5.98. The van der Waals surface area contributed by atoms with Crippen molar-refractivity contribution >= 4 is 16.0 Å². The third-order valence-corrected chi connectivity index (χ3v) is 4.01. The number of aliphatic hydroxyl groups excluding tert-OH is 1. The molecule has 0 aliphatic heterocycles. The lowest BCUT2D eigenvalue weighted by atomic mass is 10.2. The molecule has 1 aromatic carbocycles. The fourth-order valence-electron chi connectivity index (χ4n) is 1.49. The zero-order valence-electron chi connectivity index (χ0n) is 10.9. The molecule has 1 atom stereocenters. The number of carboxylic acid groups (broad SMARTS) is 1. The van der Waals surface area contributed by atoms with E-state index in [4.69, 9.17) is 14.9 Å². The highest BCUT2D eigenvalue weighted by Gasteiger charge is 2.22. The van der Waals surface area contributed by atoms with Crippen LogP contribution in [0.15, 0.2) is 24.3 Å². The van der Waals surface area contributed by atoms with Crippen LogP contribution in [0.25, 0.3) is 0 Å². The van der Waals surface area contributed by atoms with Crippen LogP contribution < -0.4 is 9.46 Å². The van der Waals surface area contributed by atoms with Gasteiger partial charge in [-0.25, -0.2) is 8.42 Å². The maximum absolute atomic E-state index is 11.7. The molecule has 0 amide bonds. The van der Waals surface area contributed by atoms with Gasteiger partial charge >= 0.3 is 5.97 Å². The summed E-state index contributed by atoms with van der Waals surface area (Å²) in [5.74, 6) is -1.01. The van der Waals surface area contributed by atoms with Crippen LogP contribution >= 0.6 is 0 Å². The van der Waals surface area contributed by atoms with E-state index in [1.54, 1.807) is 24.3 Å². The maximum Gasteiger partial charge on any atom is 0.324 e. The van der Waals surface area contributed by atoms with Gasteiger partial charge in [0.25, 0.3) is 0 Å². The Bertz CT molecular complexity index is 540. The van der Waals surface area contributed by atoms with E-state index in [2.05, 4.69) is 0 Å². The van der Waals surface area contributed by atoms with Gasteiger partial charge in [-0.3, -0.25) is 4.79 Å². The Hall–Kier alpha value is -1.64. The number of aryl methyl sites for hydroxylation is 1. The molecule has 0 aliphatic rings. The van der Waals surface area contributed by atoms with Gasteiger partial charge in [-0.05, 0) is 24.1 Å². The summed E-state index contributed by atoms with van der Waals surface area (Å²) < 4.78 is 30.3. The number of aliphatic hydroxyl groups is 1. The first kappa shape index (κ1) is 16.4. The van der Waals surface area contributed by atoms with Gasteiger partial charge in [0.2, 0.25) is 10.0 Å². The van der Waals surface area contributed by atoms with Gasteiger partial charge in [-0.15, -0.1) is 0 Å². The molecule has 8 heteroatoms. The van der Waals surface area contributed by atoms with Crippen molar-refractivity contribution in [3.63, 3.8) is 0 Å². The van der Waals surface area contributed by atoms with Crippen molar-refractivity contribution < 1.29 is 28.2 Å². The van der Waals surface area contributed by atoms with Crippen molar-refractivity contribution in [2.45, 2.75) is 12.5 Å². The molecule has 1 rings (SSSR count). The van der Waals surface area contributed by atoms with Crippen LogP contribution in [0.1, 0.15) is 5.56 Å². The van der Waals surface area contributed by atoms with Crippen molar-refractivity contribution in [3.05, 3.63) is 29.8 Å². The molecule has 7 nitrogen and oxygen atoms in total. The first-order valence-electron chi connectivity index (χ1n) is 5.84. The van der Waals surface area contributed by atoms with Crippen LogP contribution in [0.2, 0.25) is 0 Å². The molecular formula is C12H17NO6S. The Morgan fingerprint density at radius 3 is 2.40 bits per heavy atom. The van der Waals surface area contributed by atoms with Crippen molar-refractivity contribution in [2.24, 2.45) is 0 Å². The molecule has 0 radical (unpaired) electrons. The molecule has 0 saturated carbocycles. The van der Waals surface area contributed by atoms with Crippen molar-refractivity contribution in [1.29, 1.82) is 0 Å².